The van der Waals surface area contributed by atoms with E-state index in [2.05, 4.69) is 13.1 Å². The van der Waals surface area contributed by atoms with Crippen LogP contribution in [0.15, 0.2) is 0 Å². The minimum Gasteiger partial charge on any atom is -0.420 e. The number of aliphatic hydroxyl groups is 2. The molecule has 0 fully saturated rings. The van der Waals surface area contributed by atoms with Crippen molar-refractivity contribution in [3.63, 3.8) is 0 Å². The van der Waals surface area contributed by atoms with Crippen molar-refractivity contribution in [1.29, 1.82) is 0 Å². The number of rotatable bonds is 8. The van der Waals surface area contributed by atoms with Crippen molar-refractivity contribution in [2.75, 3.05) is 26.9 Å². The molecule has 0 rings (SSSR count). The summed E-state index contributed by atoms with van der Waals surface area (Å²) in [6.07, 6.45) is 0.202. The number of aliphatic hydroxyl groups excluding tert-OH is 2. The van der Waals surface area contributed by atoms with E-state index in [0.29, 0.717) is 6.61 Å². The van der Waals surface area contributed by atoms with E-state index in [0.717, 1.165) is 12.5 Å². The molecule has 0 aromatic rings. The van der Waals surface area contributed by atoms with E-state index in [-0.39, 0.29) is 13.2 Å². The molecule has 0 bridgehead atoms. The lowest BCUT2D eigenvalue weighted by molar-refractivity contribution is 0.00636. The minimum absolute atomic E-state index is 0.214. The van der Waals surface area contributed by atoms with Crippen LogP contribution in [0.4, 0.5) is 0 Å². The summed E-state index contributed by atoms with van der Waals surface area (Å²) < 4.78 is 10.6. The van der Waals surface area contributed by atoms with Gasteiger partial charge in [-0.2, -0.15) is 0 Å². The average molecular weight is 222 g/mol. The molecule has 1 atom stereocenters. The highest BCUT2D eigenvalue weighted by atomic mass is 28.4. The van der Waals surface area contributed by atoms with E-state index in [1.165, 1.54) is 0 Å². The van der Waals surface area contributed by atoms with Crippen molar-refractivity contribution in [2.45, 2.75) is 31.7 Å². The van der Waals surface area contributed by atoms with Crippen molar-refractivity contribution in [3.05, 3.63) is 0 Å². The summed E-state index contributed by atoms with van der Waals surface area (Å²) in [7, 11) is 0.298. The minimum atomic E-state index is -1.45. The smallest absolute Gasteiger partial charge is 0.186 e. The summed E-state index contributed by atoms with van der Waals surface area (Å²) >= 11 is 0. The van der Waals surface area contributed by atoms with Crippen molar-refractivity contribution >= 4 is 8.32 Å². The largest absolute Gasteiger partial charge is 0.420 e. The normalized spacial score (nSPS) is 14.4. The molecule has 86 valence electrons. The lowest BCUT2D eigenvalue weighted by atomic mass is 10.4. The third-order valence-electron chi connectivity index (χ3n) is 2.14. The number of ether oxygens (including phenoxy) is 1. The fourth-order valence-corrected chi connectivity index (χ4v) is 2.17. The summed E-state index contributed by atoms with van der Waals surface area (Å²) in [5, 5.41) is 17.5. The fourth-order valence-electron chi connectivity index (χ4n) is 0.974. The van der Waals surface area contributed by atoms with Gasteiger partial charge in [0.2, 0.25) is 0 Å². The molecule has 0 aromatic heterocycles. The van der Waals surface area contributed by atoms with Crippen LogP contribution in [0.3, 0.4) is 0 Å². The summed E-state index contributed by atoms with van der Waals surface area (Å²) in [6, 6.07) is 1.05. The molecule has 1 unspecified atom stereocenters. The second-order valence-corrected chi connectivity index (χ2v) is 8.41. The average Bonchev–Trinajstić information content (AvgIpc) is 2.17. The molecule has 0 radical (unpaired) electrons. The first kappa shape index (κ1) is 14.1. The zero-order valence-corrected chi connectivity index (χ0v) is 10.3. The van der Waals surface area contributed by atoms with Crippen molar-refractivity contribution in [3.8, 4) is 0 Å². The molecule has 4 nitrogen and oxygen atoms in total. The molecule has 0 amide bonds. The van der Waals surface area contributed by atoms with E-state index in [4.69, 9.17) is 19.4 Å². The number of hydrogen-bond donors (Lipinski definition) is 2. The SMILES string of the molecule is CO[Si](C)(C)CCCOCC(O)CO. The van der Waals surface area contributed by atoms with E-state index >= 15 is 0 Å². The molecule has 0 spiro atoms. The molecule has 2 N–H and O–H groups in total. The van der Waals surface area contributed by atoms with Crippen molar-refractivity contribution < 1.29 is 19.4 Å². The van der Waals surface area contributed by atoms with Crippen LogP contribution in [-0.2, 0) is 9.16 Å². The molecule has 0 saturated heterocycles. The third-order valence-corrected chi connectivity index (χ3v) is 4.80. The van der Waals surface area contributed by atoms with E-state index in [1.54, 1.807) is 7.11 Å². The molecule has 0 saturated carbocycles. The molecule has 0 aliphatic carbocycles. The van der Waals surface area contributed by atoms with Crippen LogP contribution >= 0.6 is 0 Å². The fraction of sp³-hybridized carbons (Fsp3) is 1.00. The third kappa shape index (κ3) is 7.46. The molecule has 14 heavy (non-hydrogen) atoms. The first-order valence-electron chi connectivity index (χ1n) is 4.93. The van der Waals surface area contributed by atoms with Crippen LogP contribution in [-0.4, -0.2) is 51.6 Å². The lowest BCUT2D eigenvalue weighted by Crippen LogP contribution is -2.28. The summed E-state index contributed by atoms with van der Waals surface area (Å²) in [5.74, 6) is 0. The quantitative estimate of drug-likeness (QED) is 0.466. The predicted molar refractivity (Wildman–Crippen MR) is 57.8 cm³/mol. The van der Waals surface area contributed by atoms with Gasteiger partial charge in [-0.15, -0.1) is 0 Å². The van der Waals surface area contributed by atoms with Gasteiger partial charge in [0.15, 0.2) is 8.32 Å². The van der Waals surface area contributed by atoms with Crippen LogP contribution in [0.1, 0.15) is 6.42 Å². The second-order valence-electron chi connectivity index (χ2n) is 3.98. The Morgan fingerprint density at radius 2 is 2.00 bits per heavy atom. The van der Waals surface area contributed by atoms with Gasteiger partial charge in [-0.05, 0) is 25.6 Å². The van der Waals surface area contributed by atoms with E-state index < -0.39 is 14.4 Å². The van der Waals surface area contributed by atoms with Crippen LogP contribution in [0.2, 0.25) is 19.1 Å². The number of hydrogen-bond acceptors (Lipinski definition) is 4. The summed E-state index contributed by atoms with van der Waals surface area (Å²) in [4.78, 5) is 0. The van der Waals surface area contributed by atoms with E-state index in [9.17, 15) is 0 Å². The zero-order valence-electron chi connectivity index (χ0n) is 9.32. The highest BCUT2D eigenvalue weighted by Gasteiger charge is 2.19. The van der Waals surface area contributed by atoms with Gasteiger partial charge in [-0.1, -0.05) is 0 Å². The highest BCUT2D eigenvalue weighted by molar-refractivity contribution is 6.71. The Balaban J connectivity index is 3.30. The molecular formula is C9H22O4Si. The van der Waals surface area contributed by atoms with Crippen LogP contribution < -0.4 is 0 Å². The maximum atomic E-state index is 8.97. The Hall–Kier alpha value is 0.0569. The predicted octanol–water partition coefficient (Wildman–Crippen LogP) is 0.598. The van der Waals surface area contributed by atoms with Gasteiger partial charge in [-0.25, -0.2) is 0 Å². The molecule has 0 aliphatic rings. The van der Waals surface area contributed by atoms with Crippen molar-refractivity contribution in [2.24, 2.45) is 0 Å². The Morgan fingerprint density at radius 1 is 1.36 bits per heavy atom. The van der Waals surface area contributed by atoms with E-state index in [1.807, 2.05) is 0 Å². The molecule has 0 aromatic carbocycles. The van der Waals surface area contributed by atoms with Gasteiger partial charge < -0.3 is 19.4 Å². The zero-order chi connectivity index (χ0) is 11.0. The van der Waals surface area contributed by atoms with Gasteiger partial charge in [-0.3, -0.25) is 0 Å². The topological polar surface area (TPSA) is 58.9 Å². The molecule has 5 heteroatoms. The molecular weight excluding hydrogens is 200 g/mol. The Morgan fingerprint density at radius 3 is 2.50 bits per heavy atom. The standard InChI is InChI=1S/C9H22O4Si/c1-12-14(2,3)6-4-5-13-8-9(11)7-10/h9-11H,4-8H2,1-3H3. The second kappa shape index (κ2) is 7.36. The van der Waals surface area contributed by atoms with Gasteiger partial charge in [0.25, 0.3) is 0 Å². The van der Waals surface area contributed by atoms with Gasteiger partial charge in [0.1, 0.15) is 6.10 Å². The summed E-state index contributed by atoms with van der Waals surface area (Å²) in [5.41, 5.74) is 0. The highest BCUT2D eigenvalue weighted by Crippen LogP contribution is 2.11. The summed E-state index contributed by atoms with van der Waals surface area (Å²) in [6.45, 7) is 4.92. The maximum absolute atomic E-state index is 8.97. The van der Waals surface area contributed by atoms with Crippen molar-refractivity contribution in [1.82, 2.24) is 0 Å². The Bertz CT molecular complexity index is 141. The van der Waals surface area contributed by atoms with Gasteiger partial charge in [0, 0.05) is 13.7 Å². The first-order chi connectivity index (χ1) is 6.52. The maximum Gasteiger partial charge on any atom is 0.186 e. The monoisotopic (exact) mass is 222 g/mol. The Kier molecular flexibility index (Phi) is 7.39. The van der Waals surface area contributed by atoms with Crippen LogP contribution in [0.25, 0.3) is 0 Å². The van der Waals surface area contributed by atoms with Gasteiger partial charge in [0.05, 0.1) is 13.2 Å². The van der Waals surface area contributed by atoms with Crippen LogP contribution in [0.5, 0.6) is 0 Å². The lowest BCUT2D eigenvalue weighted by Gasteiger charge is -2.19. The molecule has 0 aliphatic heterocycles. The Labute approximate surface area is 87.0 Å². The van der Waals surface area contributed by atoms with Crippen LogP contribution in [0, 0.1) is 0 Å². The molecule has 0 heterocycles. The van der Waals surface area contributed by atoms with Gasteiger partial charge >= 0.3 is 0 Å². The first-order valence-corrected chi connectivity index (χ1v) is 8.05.